The van der Waals surface area contributed by atoms with Crippen LogP contribution in [0.5, 0.6) is 0 Å². The number of nitrogens with one attached hydrogen (secondary N) is 1. The maximum Gasteiger partial charge on any atom is 0.0659 e. The molecule has 1 aromatic carbocycles. The Labute approximate surface area is 110 Å². The predicted molar refractivity (Wildman–Crippen MR) is 76.0 cm³/mol. The molecule has 3 nitrogen and oxygen atoms in total. The Hall–Kier alpha value is -1.06. The molecule has 18 heavy (non-hydrogen) atoms. The van der Waals surface area contributed by atoms with Gasteiger partial charge < -0.3 is 15.2 Å². The molecule has 0 radical (unpaired) electrons. The summed E-state index contributed by atoms with van der Waals surface area (Å²) < 4.78 is 5.45. The summed E-state index contributed by atoms with van der Waals surface area (Å²) in [5, 5.41) is 13.1. The molecule has 1 atom stereocenters. The molecule has 3 heteroatoms. The number of aliphatic hydroxyl groups excluding tert-OH is 1. The van der Waals surface area contributed by atoms with Gasteiger partial charge in [0.15, 0.2) is 0 Å². The van der Waals surface area contributed by atoms with Crippen molar-refractivity contribution < 1.29 is 9.84 Å². The van der Waals surface area contributed by atoms with Gasteiger partial charge in [-0.25, -0.2) is 0 Å². The summed E-state index contributed by atoms with van der Waals surface area (Å²) in [6.45, 7) is 8.19. The highest BCUT2D eigenvalue weighted by Crippen LogP contribution is 2.27. The maximum absolute atomic E-state index is 9.68. The first kappa shape index (κ1) is 15.0. The molecule has 0 aromatic heterocycles. The highest BCUT2D eigenvalue weighted by molar-refractivity contribution is 5.52. The van der Waals surface area contributed by atoms with E-state index < -0.39 is 5.54 Å². The summed E-state index contributed by atoms with van der Waals surface area (Å²) in [6.07, 6.45) is 0.724. The van der Waals surface area contributed by atoms with Crippen LogP contribution in [0, 0.1) is 6.92 Å². The van der Waals surface area contributed by atoms with Crippen molar-refractivity contribution in [3.05, 3.63) is 29.8 Å². The van der Waals surface area contributed by atoms with Gasteiger partial charge in [-0.2, -0.15) is 0 Å². The van der Waals surface area contributed by atoms with Crippen molar-refractivity contribution >= 4 is 5.69 Å². The quantitative estimate of drug-likeness (QED) is 0.816. The SMILES string of the molecule is COC(C)(C)CC(C)(CO)Nc1ccccc1C. The smallest absolute Gasteiger partial charge is 0.0659 e. The van der Waals surface area contributed by atoms with Crippen molar-refractivity contribution in [1.29, 1.82) is 0 Å². The van der Waals surface area contributed by atoms with Crippen molar-refractivity contribution in [3.63, 3.8) is 0 Å². The number of ether oxygens (including phenoxy) is 1. The standard InChI is InChI=1S/C15H25NO2/c1-12-8-6-7-9-13(12)16-15(4,11-17)10-14(2,3)18-5/h6-9,16-17H,10-11H2,1-5H3. The van der Waals surface area contributed by atoms with E-state index in [2.05, 4.69) is 18.3 Å². The molecule has 0 bridgehead atoms. The van der Waals surface area contributed by atoms with Gasteiger partial charge in [-0.15, -0.1) is 0 Å². The molecule has 1 unspecified atom stereocenters. The number of hydrogen-bond acceptors (Lipinski definition) is 3. The van der Waals surface area contributed by atoms with Gasteiger partial charge in [0.1, 0.15) is 0 Å². The molecule has 0 spiro atoms. The van der Waals surface area contributed by atoms with E-state index in [1.54, 1.807) is 7.11 Å². The van der Waals surface area contributed by atoms with Crippen LogP contribution in [-0.4, -0.2) is 30.0 Å². The summed E-state index contributed by atoms with van der Waals surface area (Å²) in [5.74, 6) is 0. The summed E-state index contributed by atoms with van der Waals surface area (Å²) in [7, 11) is 1.70. The van der Waals surface area contributed by atoms with E-state index in [-0.39, 0.29) is 12.2 Å². The van der Waals surface area contributed by atoms with Crippen molar-refractivity contribution in [2.45, 2.75) is 45.3 Å². The van der Waals surface area contributed by atoms with Crippen LogP contribution in [0.2, 0.25) is 0 Å². The Bertz CT molecular complexity index is 390. The number of methoxy groups -OCH3 is 1. The monoisotopic (exact) mass is 251 g/mol. The van der Waals surface area contributed by atoms with Crippen LogP contribution in [0.4, 0.5) is 5.69 Å². The number of rotatable bonds is 6. The van der Waals surface area contributed by atoms with Crippen LogP contribution in [-0.2, 0) is 4.74 Å². The molecule has 0 heterocycles. The third-order valence-electron chi connectivity index (χ3n) is 3.30. The minimum absolute atomic E-state index is 0.0636. The first-order chi connectivity index (χ1) is 8.32. The van der Waals surface area contributed by atoms with Crippen LogP contribution in [0.1, 0.15) is 32.8 Å². The summed E-state index contributed by atoms with van der Waals surface area (Å²) >= 11 is 0. The van der Waals surface area contributed by atoms with Gasteiger partial charge in [-0.3, -0.25) is 0 Å². The summed E-state index contributed by atoms with van der Waals surface area (Å²) in [4.78, 5) is 0. The second-order valence-electron chi connectivity index (χ2n) is 5.80. The number of aryl methyl sites for hydroxylation is 1. The van der Waals surface area contributed by atoms with Gasteiger partial charge in [0.25, 0.3) is 0 Å². The lowest BCUT2D eigenvalue weighted by Crippen LogP contribution is -2.45. The lowest BCUT2D eigenvalue weighted by atomic mass is 9.87. The zero-order valence-electron chi connectivity index (χ0n) is 12.1. The summed E-state index contributed by atoms with van der Waals surface area (Å²) in [6, 6.07) is 8.09. The molecule has 1 rings (SSSR count). The fourth-order valence-electron chi connectivity index (χ4n) is 2.19. The Morgan fingerprint density at radius 3 is 2.33 bits per heavy atom. The first-order valence-electron chi connectivity index (χ1n) is 6.32. The zero-order valence-corrected chi connectivity index (χ0v) is 12.1. The van der Waals surface area contributed by atoms with Gasteiger partial charge in [0.2, 0.25) is 0 Å². The number of anilines is 1. The number of para-hydroxylation sites is 1. The molecule has 0 saturated heterocycles. The normalized spacial score (nSPS) is 15.2. The van der Waals surface area contributed by atoms with Crippen molar-refractivity contribution in [2.24, 2.45) is 0 Å². The van der Waals surface area contributed by atoms with Crippen LogP contribution in [0.15, 0.2) is 24.3 Å². The van der Waals surface area contributed by atoms with Gasteiger partial charge >= 0.3 is 0 Å². The molecule has 0 saturated carbocycles. The average molecular weight is 251 g/mol. The maximum atomic E-state index is 9.68. The fourth-order valence-corrected chi connectivity index (χ4v) is 2.19. The Balaban J connectivity index is 2.86. The van der Waals surface area contributed by atoms with E-state index in [1.165, 1.54) is 5.56 Å². The highest BCUT2D eigenvalue weighted by atomic mass is 16.5. The van der Waals surface area contributed by atoms with E-state index in [1.807, 2.05) is 39.0 Å². The molecule has 0 aliphatic carbocycles. The number of hydrogen-bond donors (Lipinski definition) is 2. The van der Waals surface area contributed by atoms with Crippen LogP contribution in [0.25, 0.3) is 0 Å². The van der Waals surface area contributed by atoms with Gasteiger partial charge in [-0.1, -0.05) is 18.2 Å². The predicted octanol–water partition coefficient (Wildman–Crippen LogP) is 2.97. The minimum atomic E-state index is -0.397. The van der Waals surface area contributed by atoms with E-state index in [9.17, 15) is 5.11 Å². The second kappa shape index (κ2) is 5.72. The second-order valence-corrected chi connectivity index (χ2v) is 5.80. The first-order valence-corrected chi connectivity index (χ1v) is 6.32. The van der Waals surface area contributed by atoms with E-state index in [0.717, 1.165) is 12.1 Å². The van der Waals surface area contributed by atoms with Gasteiger partial charge in [0, 0.05) is 19.2 Å². The van der Waals surface area contributed by atoms with E-state index in [4.69, 9.17) is 4.74 Å². The topological polar surface area (TPSA) is 41.5 Å². The lowest BCUT2D eigenvalue weighted by Gasteiger charge is -2.37. The molecule has 2 N–H and O–H groups in total. The minimum Gasteiger partial charge on any atom is -0.394 e. The molecular formula is C15H25NO2. The molecule has 1 aromatic rings. The molecule has 0 fully saturated rings. The largest absolute Gasteiger partial charge is 0.394 e. The third kappa shape index (κ3) is 4.00. The number of aliphatic hydroxyl groups is 1. The highest BCUT2D eigenvalue weighted by Gasteiger charge is 2.32. The van der Waals surface area contributed by atoms with Crippen molar-refractivity contribution in [3.8, 4) is 0 Å². The van der Waals surface area contributed by atoms with Crippen molar-refractivity contribution in [1.82, 2.24) is 0 Å². The third-order valence-corrected chi connectivity index (χ3v) is 3.30. The van der Waals surface area contributed by atoms with Crippen LogP contribution in [0.3, 0.4) is 0 Å². The van der Waals surface area contributed by atoms with E-state index >= 15 is 0 Å². The fraction of sp³-hybridized carbons (Fsp3) is 0.600. The Morgan fingerprint density at radius 1 is 1.22 bits per heavy atom. The molecule has 0 aliphatic rings. The van der Waals surface area contributed by atoms with Crippen LogP contribution >= 0.6 is 0 Å². The average Bonchev–Trinajstić information content (AvgIpc) is 2.32. The van der Waals surface area contributed by atoms with Crippen molar-refractivity contribution in [2.75, 3.05) is 19.0 Å². The van der Waals surface area contributed by atoms with Crippen LogP contribution < -0.4 is 5.32 Å². The zero-order chi connectivity index (χ0) is 13.8. The lowest BCUT2D eigenvalue weighted by molar-refractivity contribution is -0.00532. The Kier molecular flexibility index (Phi) is 4.77. The summed E-state index contributed by atoms with van der Waals surface area (Å²) in [5.41, 5.74) is 1.56. The molecule has 102 valence electrons. The Morgan fingerprint density at radius 2 is 1.83 bits per heavy atom. The molecule has 0 amide bonds. The van der Waals surface area contributed by atoms with E-state index in [0.29, 0.717) is 0 Å². The van der Waals surface area contributed by atoms with Gasteiger partial charge in [0.05, 0.1) is 17.7 Å². The number of benzene rings is 1. The molecule has 0 aliphatic heterocycles. The molecular weight excluding hydrogens is 226 g/mol. The van der Waals surface area contributed by atoms with Gasteiger partial charge in [-0.05, 0) is 39.3 Å².